The van der Waals surface area contributed by atoms with E-state index in [0.717, 1.165) is 32.7 Å². The Bertz CT molecular complexity index is 1130. The zero-order valence-corrected chi connectivity index (χ0v) is 24.0. The summed E-state index contributed by atoms with van der Waals surface area (Å²) in [4.78, 5) is 43.4. The Morgan fingerprint density at radius 3 is 2.58 bits per heavy atom. The topological polar surface area (TPSA) is 106 Å². The number of imide groups is 1. The molecule has 11 heteroatoms. The molecule has 1 aliphatic carbocycles. The molecule has 2 unspecified atom stereocenters. The van der Waals surface area contributed by atoms with Crippen molar-refractivity contribution < 1.29 is 33.7 Å². The van der Waals surface area contributed by atoms with Gasteiger partial charge in [0.25, 0.3) is 0 Å². The van der Waals surface area contributed by atoms with Gasteiger partial charge in [-0.3, -0.25) is 4.79 Å². The third-order valence-corrected chi connectivity index (χ3v) is 10.6. The number of thioether (sulfide) groups is 1. The number of ether oxygens (including phenoxy) is 3. The van der Waals surface area contributed by atoms with Gasteiger partial charge in [0, 0.05) is 18.8 Å². The number of hydrogen-bond donors (Lipinski definition) is 1. The molecule has 3 fully saturated rings. The minimum absolute atomic E-state index is 0.0601. The minimum atomic E-state index is -1.53. The molecule has 0 radical (unpaired) electrons. The molecule has 3 amide bonds. The normalized spacial score (nSPS) is 26.6. The number of amides is 3. The van der Waals surface area contributed by atoms with Crippen LogP contribution in [0.2, 0.25) is 0 Å². The fourth-order valence-electron chi connectivity index (χ4n) is 6.06. The average Bonchev–Trinajstić information content (AvgIpc) is 3.52. The third kappa shape index (κ3) is 4.76. The maximum atomic E-state index is 14.2. The Labute approximate surface area is 235 Å². The van der Waals surface area contributed by atoms with Crippen molar-refractivity contribution in [3.05, 3.63) is 39.2 Å². The molecular weight excluding hydrogens is 576 g/mol. The van der Waals surface area contributed by atoms with E-state index in [9.17, 15) is 19.5 Å². The Kier molecular flexibility index (Phi) is 8.09. The molecule has 1 saturated carbocycles. The van der Waals surface area contributed by atoms with Crippen molar-refractivity contribution in [2.24, 2.45) is 5.92 Å². The summed E-state index contributed by atoms with van der Waals surface area (Å²) in [6.07, 6.45) is 2.70. The molecule has 9 nitrogen and oxygen atoms in total. The van der Waals surface area contributed by atoms with Crippen LogP contribution in [-0.2, 0) is 19.1 Å². The van der Waals surface area contributed by atoms with E-state index in [2.05, 4.69) is 15.9 Å². The maximum Gasteiger partial charge on any atom is 0.330 e. The van der Waals surface area contributed by atoms with Gasteiger partial charge in [-0.15, -0.1) is 0 Å². The first kappa shape index (κ1) is 27.5. The molecule has 1 N–H and O–H groups in total. The minimum Gasteiger partial charge on any atom is -0.496 e. The largest absolute Gasteiger partial charge is 0.496 e. The lowest BCUT2D eigenvalue weighted by molar-refractivity contribution is -0.160. The van der Waals surface area contributed by atoms with Crippen molar-refractivity contribution in [1.82, 2.24) is 9.80 Å². The fraction of sp³-hybridized carbons (Fsp3) is 0.593. The molecule has 1 aromatic carbocycles. The zero-order chi connectivity index (χ0) is 27.0. The molecule has 3 aliphatic heterocycles. The Morgan fingerprint density at radius 2 is 1.92 bits per heavy atom. The van der Waals surface area contributed by atoms with Crippen molar-refractivity contribution >= 4 is 45.6 Å². The van der Waals surface area contributed by atoms with Crippen molar-refractivity contribution in [2.45, 2.75) is 68.6 Å². The molecule has 0 aromatic heterocycles. The maximum absolute atomic E-state index is 14.2. The number of hydrogen-bond acceptors (Lipinski definition) is 7. The van der Waals surface area contributed by atoms with E-state index >= 15 is 0 Å². The number of rotatable bonds is 8. The van der Waals surface area contributed by atoms with Crippen LogP contribution in [0.4, 0.5) is 4.79 Å². The van der Waals surface area contributed by atoms with Gasteiger partial charge in [-0.1, -0.05) is 42.8 Å². The molecule has 0 spiro atoms. The van der Waals surface area contributed by atoms with Crippen LogP contribution < -0.4 is 4.74 Å². The van der Waals surface area contributed by atoms with E-state index in [0.29, 0.717) is 31.8 Å². The first-order chi connectivity index (χ1) is 18.3. The lowest BCUT2D eigenvalue weighted by Gasteiger charge is -2.48. The molecule has 206 valence electrons. The van der Waals surface area contributed by atoms with Crippen LogP contribution in [-0.4, -0.2) is 76.7 Å². The second kappa shape index (κ2) is 11.2. The lowest BCUT2D eigenvalue weighted by Crippen LogP contribution is -2.68. The number of carboxylic acid groups (broad SMARTS) is 1. The summed E-state index contributed by atoms with van der Waals surface area (Å²) < 4.78 is 18.6. The number of carbonyl (C=O) groups excluding carboxylic acids is 2. The summed E-state index contributed by atoms with van der Waals surface area (Å²) >= 11 is 5.00. The summed E-state index contributed by atoms with van der Waals surface area (Å²) in [5.74, 6) is -1.54. The second-order valence-corrected chi connectivity index (χ2v) is 12.7. The summed E-state index contributed by atoms with van der Waals surface area (Å²) in [6, 6.07) is 6.99. The van der Waals surface area contributed by atoms with E-state index in [1.165, 1.54) is 11.8 Å². The number of aliphatic carboxylic acids is 1. The molecule has 2 saturated heterocycles. The van der Waals surface area contributed by atoms with Gasteiger partial charge < -0.3 is 24.2 Å². The first-order valence-electron chi connectivity index (χ1n) is 13.1. The van der Waals surface area contributed by atoms with Gasteiger partial charge in [0.15, 0.2) is 0 Å². The smallest absolute Gasteiger partial charge is 0.330 e. The number of carbonyl (C=O) groups is 3. The van der Waals surface area contributed by atoms with Crippen molar-refractivity contribution in [1.29, 1.82) is 0 Å². The zero-order valence-electron chi connectivity index (χ0n) is 21.6. The molecule has 3 heterocycles. The molecule has 0 bridgehead atoms. The van der Waals surface area contributed by atoms with Gasteiger partial charge in [0.05, 0.1) is 29.5 Å². The van der Waals surface area contributed by atoms with Crippen LogP contribution in [0.1, 0.15) is 57.1 Å². The SMILES string of the molecule is COc1ccccc1[C@H](CN1C(=O)N(C2(C(=O)O)CCCC2)C(=O)C2C(C)=C(Br)SC21)OC1CCOCC1. The highest BCUT2D eigenvalue weighted by molar-refractivity contribution is 9.14. The molecular formula is C27H33BrN2O7S. The third-order valence-electron chi connectivity index (χ3n) is 8.15. The molecule has 3 atom stereocenters. The summed E-state index contributed by atoms with van der Waals surface area (Å²) in [5, 5.41) is 9.80. The van der Waals surface area contributed by atoms with Crippen molar-refractivity contribution in [3.63, 3.8) is 0 Å². The summed E-state index contributed by atoms with van der Waals surface area (Å²) in [7, 11) is 1.60. The Morgan fingerprint density at radius 1 is 1.24 bits per heavy atom. The van der Waals surface area contributed by atoms with Crippen LogP contribution in [0, 0.1) is 5.92 Å². The molecule has 4 aliphatic rings. The standard InChI is InChI=1S/C27H33BrN2O7S/c1-16-21-23(31)30(27(25(32)33)11-5-6-12-27)26(34)29(24(21)38-22(16)28)15-20(37-17-9-13-36-14-10-17)18-7-3-4-8-19(18)35-2/h3-4,7-8,17,20-21,24H,5-6,9-15H2,1-2H3,(H,32,33)/t20-,21?,24?/m0/s1. The van der Waals surface area contributed by atoms with Crippen LogP contribution >= 0.6 is 27.7 Å². The van der Waals surface area contributed by atoms with E-state index in [4.69, 9.17) is 14.2 Å². The monoisotopic (exact) mass is 608 g/mol. The van der Waals surface area contributed by atoms with Gasteiger partial charge in [-0.25, -0.2) is 14.5 Å². The number of para-hydroxylation sites is 1. The van der Waals surface area contributed by atoms with E-state index < -0.39 is 40.8 Å². The number of halogens is 1. The predicted molar refractivity (Wildman–Crippen MR) is 145 cm³/mol. The number of fused-ring (bicyclic) bond motifs is 1. The van der Waals surface area contributed by atoms with Gasteiger partial charge in [0.1, 0.15) is 22.8 Å². The molecule has 5 rings (SSSR count). The number of benzene rings is 1. The van der Waals surface area contributed by atoms with Gasteiger partial charge in [-0.2, -0.15) is 0 Å². The van der Waals surface area contributed by atoms with Crippen molar-refractivity contribution in [3.8, 4) is 5.75 Å². The molecule has 1 aromatic rings. The van der Waals surface area contributed by atoms with Gasteiger partial charge in [-0.05, 0) is 60.2 Å². The summed E-state index contributed by atoms with van der Waals surface area (Å²) in [6.45, 7) is 3.22. The highest BCUT2D eigenvalue weighted by atomic mass is 79.9. The highest BCUT2D eigenvalue weighted by Crippen LogP contribution is 2.52. The average molecular weight is 610 g/mol. The van der Waals surface area contributed by atoms with Gasteiger partial charge >= 0.3 is 12.0 Å². The highest BCUT2D eigenvalue weighted by Gasteiger charge is 2.60. The van der Waals surface area contributed by atoms with E-state index in [1.54, 1.807) is 12.0 Å². The first-order valence-corrected chi connectivity index (χ1v) is 14.7. The van der Waals surface area contributed by atoms with Crippen molar-refractivity contribution in [2.75, 3.05) is 26.9 Å². The predicted octanol–water partition coefficient (Wildman–Crippen LogP) is 4.91. The van der Waals surface area contributed by atoms with Crippen LogP contribution in [0.15, 0.2) is 33.7 Å². The summed E-state index contributed by atoms with van der Waals surface area (Å²) in [5.41, 5.74) is 0.0823. The number of methoxy groups -OCH3 is 1. The van der Waals surface area contributed by atoms with Gasteiger partial charge in [0.2, 0.25) is 5.91 Å². The van der Waals surface area contributed by atoms with E-state index in [1.807, 2.05) is 31.2 Å². The number of nitrogens with zero attached hydrogens (tertiary/aromatic N) is 2. The quantitative estimate of drug-likeness (QED) is 0.444. The Hall–Kier alpha value is -2.08. The number of carboxylic acids is 1. The van der Waals surface area contributed by atoms with Crippen LogP contribution in [0.25, 0.3) is 0 Å². The van der Waals surface area contributed by atoms with E-state index in [-0.39, 0.29) is 25.5 Å². The second-order valence-electron chi connectivity index (χ2n) is 10.3. The van der Waals surface area contributed by atoms with Crippen LogP contribution in [0.5, 0.6) is 5.75 Å². The van der Waals surface area contributed by atoms with Crippen LogP contribution in [0.3, 0.4) is 0 Å². The lowest BCUT2D eigenvalue weighted by atomic mass is 9.89. The molecule has 38 heavy (non-hydrogen) atoms. The Balaban J connectivity index is 1.54. The number of urea groups is 1. The fourth-order valence-corrected chi connectivity index (χ4v) is 8.17.